The molecule has 0 saturated heterocycles. The highest BCUT2D eigenvalue weighted by atomic mass is 32.1. The molecular weight excluding hydrogens is 262 g/mol. The van der Waals surface area contributed by atoms with Crippen LogP contribution in [0.3, 0.4) is 0 Å². The Morgan fingerprint density at radius 2 is 2.39 bits per heavy atom. The minimum atomic E-state index is 0.306. The Morgan fingerprint density at radius 3 is 3.06 bits per heavy atom. The summed E-state index contributed by atoms with van der Waals surface area (Å²) < 4.78 is 0. The Labute approximate surface area is 116 Å². The van der Waals surface area contributed by atoms with Gasteiger partial charge >= 0.3 is 0 Å². The molecule has 2 heterocycles. The van der Waals surface area contributed by atoms with Crippen LogP contribution < -0.4 is 11.1 Å². The SMILES string of the molecule is CC(Cc1cccs1)Nc1cnccc1C(N)=S. The molecule has 1 atom stereocenters. The summed E-state index contributed by atoms with van der Waals surface area (Å²) in [6, 6.07) is 6.35. The van der Waals surface area contributed by atoms with Crippen molar-refractivity contribution in [2.75, 3.05) is 5.32 Å². The van der Waals surface area contributed by atoms with E-state index in [-0.39, 0.29) is 0 Å². The van der Waals surface area contributed by atoms with Crippen LogP contribution in [0.4, 0.5) is 5.69 Å². The molecule has 94 valence electrons. The number of thiophene rings is 1. The van der Waals surface area contributed by atoms with E-state index in [4.69, 9.17) is 18.0 Å². The number of hydrogen-bond donors (Lipinski definition) is 2. The van der Waals surface area contributed by atoms with Gasteiger partial charge in [0, 0.05) is 29.1 Å². The molecule has 2 aromatic heterocycles. The highest BCUT2D eigenvalue weighted by Crippen LogP contribution is 2.17. The van der Waals surface area contributed by atoms with Crippen molar-refractivity contribution < 1.29 is 0 Å². The quantitative estimate of drug-likeness (QED) is 0.825. The van der Waals surface area contributed by atoms with E-state index < -0.39 is 0 Å². The minimum absolute atomic E-state index is 0.306. The molecule has 2 aromatic rings. The summed E-state index contributed by atoms with van der Waals surface area (Å²) >= 11 is 6.80. The van der Waals surface area contributed by atoms with Gasteiger partial charge in [0.15, 0.2) is 0 Å². The van der Waals surface area contributed by atoms with Crippen LogP contribution in [0.25, 0.3) is 0 Å². The van der Waals surface area contributed by atoms with Gasteiger partial charge in [0.25, 0.3) is 0 Å². The lowest BCUT2D eigenvalue weighted by atomic mass is 10.1. The molecular formula is C13H15N3S2. The lowest BCUT2D eigenvalue weighted by molar-refractivity contribution is 0.799. The third-order valence-electron chi connectivity index (χ3n) is 2.58. The Kier molecular flexibility index (Phi) is 4.28. The average Bonchev–Trinajstić information content (AvgIpc) is 2.82. The summed E-state index contributed by atoms with van der Waals surface area (Å²) in [6.07, 6.45) is 4.44. The summed E-state index contributed by atoms with van der Waals surface area (Å²) in [5.74, 6) is 0. The predicted molar refractivity (Wildman–Crippen MR) is 81.2 cm³/mol. The summed E-state index contributed by atoms with van der Waals surface area (Å²) in [4.78, 5) is 5.85. The monoisotopic (exact) mass is 277 g/mol. The van der Waals surface area contributed by atoms with Crippen LogP contribution in [0.15, 0.2) is 36.0 Å². The van der Waals surface area contributed by atoms with Gasteiger partial charge in [-0.25, -0.2) is 0 Å². The van der Waals surface area contributed by atoms with Gasteiger partial charge in [-0.15, -0.1) is 11.3 Å². The topological polar surface area (TPSA) is 50.9 Å². The number of aromatic nitrogens is 1. The lowest BCUT2D eigenvalue weighted by Gasteiger charge is -2.16. The molecule has 2 rings (SSSR count). The van der Waals surface area contributed by atoms with E-state index in [0.29, 0.717) is 11.0 Å². The van der Waals surface area contributed by atoms with Crippen LogP contribution in [0.1, 0.15) is 17.4 Å². The van der Waals surface area contributed by atoms with Gasteiger partial charge < -0.3 is 11.1 Å². The van der Waals surface area contributed by atoms with Crippen LogP contribution in [0.5, 0.6) is 0 Å². The fourth-order valence-corrected chi connectivity index (χ4v) is 2.78. The Bertz CT molecular complexity index is 523. The molecule has 0 aliphatic rings. The van der Waals surface area contributed by atoms with Gasteiger partial charge in [0.1, 0.15) is 4.99 Å². The highest BCUT2D eigenvalue weighted by Gasteiger charge is 2.09. The number of hydrogen-bond acceptors (Lipinski definition) is 4. The van der Waals surface area contributed by atoms with Crippen molar-refractivity contribution in [1.29, 1.82) is 0 Å². The molecule has 0 radical (unpaired) electrons. The number of anilines is 1. The third kappa shape index (κ3) is 3.27. The van der Waals surface area contributed by atoms with Gasteiger partial charge in [0.05, 0.1) is 11.9 Å². The summed E-state index contributed by atoms with van der Waals surface area (Å²) in [5.41, 5.74) is 7.43. The average molecular weight is 277 g/mol. The van der Waals surface area contributed by atoms with Crippen molar-refractivity contribution in [3.05, 3.63) is 46.4 Å². The first-order chi connectivity index (χ1) is 8.66. The molecule has 0 amide bonds. The van der Waals surface area contributed by atoms with Crippen LogP contribution in [-0.2, 0) is 6.42 Å². The second-order valence-corrected chi connectivity index (χ2v) is 5.59. The number of nitrogens with one attached hydrogen (secondary N) is 1. The zero-order valence-corrected chi connectivity index (χ0v) is 11.7. The molecule has 3 N–H and O–H groups in total. The van der Waals surface area contributed by atoms with Crippen LogP contribution in [0.2, 0.25) is 0 Å². The molecule has 18 heavy (non-hydrogen) atoms. The van der Waals surface area contributed by atoms with E-state index in [2.05, 4.69) is 34.7 Å². The maximum atomic E-state index is 5.69. The standard InChI is InChI=1S/C13H15N3S2/c1-9(7-10-3-2-6-18-10)16-12-8-15-5-4-11(12)13(14)17/h2-6,8-9,16H,7H2,1H3,(H2,14,17). The van der Waals surface area contributed by atoms with Crippen molar-refractivity contribution >= 4 is 34.2 Å². The zero-order chi connectivity index (χ0) is 13.0. The molecule has 0 aliphatic carbocycles. The van der Waals surface area contributed by atoms with Crippen molar-refractivity contribution in [3.8, 4) is 0 Å². The Balaban J connectivity index is 2.07. The number of nitrogens with zero attached hydrogens (tertiary/aromatic N) is 1. The van der Waals surface area contributed by atoms with Crippen molar-refractivity contribution in [1.82, 2.24) is 4.98 Å². The van der Waals surface area contributed by atoms with E-state index in [1.54, 1.807) is 23.7 Å². The van der Waals surface area contributed by atoms with E-state index in [9.17, 15) is 0 Å². The van der Waals surface area contributed by atoms with Crippen LogP contribution in [0, 0.1) is 0 Å². The minimum Gasteiger partial charge on any atom is -0.389 e. The number of thiocarbonyl (C=S) groups is 1. The third-order valence-corrected chi connectivity index (χ3v) is 3.69. The molecule has 0 saturated carbocycles. The Hall–Kier alpha value is -1.46. The van der Waals surface area contributed by atoms with Gasteiger partial charge in [-0.05, 0) is 24.4 Å². The van der Waals surface area contributed by atoms with Crippen molar-refractivity contribution in [2.24, 2.45) is 5.73 Å². The maximum Gasteiger partial charge on any atom is 0.106 e. The first kappa shape index (κ1) is 13.0. The van der Waals surface area contributed by atoms with Crippen LogP contribution >= 0.6 is 23.6 Å². The number of nitrogens with two attached hydrogens (primary N) is 1. The largest absolute Gasteiger partial charge is 0.389 e. The smallest absolute Gasteiger partial charge is 0.106 e. The van der Waals surface area contributed by atoms with Crippen molar-refractivity contribution in [3.63, 3.8) is 0 Å². The second-order valence-electron chi connectivity index (χ2n) is 4.11. The molecule has 0 aliphatic heterocycles. The molecule has 0 bridgehead atoms. The normalized spacial score (nSPS) is 12.1. The fourth-order valence-electron chi connectivity index (χ4n) is 1.77. The van der Waals surface area contributed by atoms with E-state index in [1.165, 1.54) is 4.88 Å². The zero-order valence-electron chi connectivity index (χ0n) is 10.1. The summed E-state index contributed by atoms with van der Waals surface area (Å²) in [7, 11) is 0. The maximum absolute atomic E-state index is 5.69. The van der Waals surface area contributed by atoms with Gasteiger partial charge in [-0.2, -0.15) is 0 Å². The van der Waals surface area contributed by atoms with Crippen LogP contribution in [-0.4, -0.2) is 16.0 Å². The molecule has 0 aromatic carbocycles. The molecule has 1 unspecified atom stereocenters. The summed E-state index contributed by atoms with van der Waals surface area (Å²) in [5, 5.41) is 5.50. The molecule has 5 heteroatoms. The van der Waals surface area contributed by atoms with Gasteiger partial charge in [-0.1, -0.05) is 18.3 Å². The first-order valence-corrected chi connectivity index (χ1v) is 6.98. The predicted octanol–water partition coefficient (Wildman–Crippen LogP) is 2.82. The van der Waals surface area contributed by atoms with Crippen molar-refractivity contribution in [2.45, 2.75) is 19.4 Å². The molecule has 0 spiro atoms. The van der Waals surface area contributed by atoms with E-state index >= 15 is 0 Å². The number of pyridine rings is 1. The number of rotatable bonds is 5. The van der Waals surface area contributed by atoms with E-state index in [1.807, 2.05) is 6.07 Å². The van der Waals surface area contributed by atoms with Gasteiger partial charge in [0.2, 0.25) is 0 Å². The lowest BCUT2D eigenvalue weighted by Crippen LogP contribution is -2.21. The molecule has 0 fully saturated rings. The fraction of sp³-hybridized carbons (Fsp3) is 0.231. The second kappa shape index (κ2) is 5.93. The summed E-state index contributed by atoms with van der Waals surface area (Å²) in [6.45, 7) is 2.13. The highest BCUT2D eigenvalue weighted by molar-refractivity contribution is 7.80. The first-order valence-electron chi connectivity index (χ1n) is 5.69. The van der Waals surface area contributed by atoms with E-state index in [0.717, 1.165) is 17.7 Å². The Morgan fingerprint density at radius 1 is 1.56 bits per heavy atom. The molecule has 3 nitrogen and oxygen atoms in total. The van der Waals surface area contributed by atoms with Gasteiger partial charge in [-0.3, -0.25) is 4.98 Å².